The molecule has 1 atom stereocenters. The number of thioether (sulfide) groups is 1. The Bertz CT molecular complexity index is 792. The summed E-state index contributed by atoms with van der Waals surface area (Å²) in [6, 6.07) is 9.08. The predicted molar refractivity (Wildman–Crippen MR) is 85.8 cm³/mol. The van der Waals surface area contributed by atoms with Crippen molar-refractivity contribution >= 4 is 28.3 Å². The highest BCUT2D eigenvalue weighted by Crippen LogP contribution is 2.45. The summed E-state index contributed by atoms with van der Waals surface area (Å²) in [6.07, 6.45) is -4.96. The van der Waals surface area contributed by atoms with Crippen molar-refractivity contribution in [2.24, 2.45) is 4.99 Å². The number of amidine groups is 1. The van der Waals surface area contributed by atoms with Crippen LogP contribution in [0.1, 0.15) is 0 Å². The molecule has 3 rings (SSSR count). The summed E-state index contributed by atoms with van der Waals surface area (Å²) in [5, 5.41) is 10.1. The number of rotatable bonds is 2. The lowest BCUT2D eigenvalue weighted by molar-refractivity contribution is -0.244. The highest BCUT2D eigenvalue weighted by atomic mass is 32.2. The molecule has 132 valence electrons. The zero-order valence-electron chi connectivity index (χ0n) is 12.5. The molecule has 0 radical (unpaired) electrons. The van der Waals surface area contributed by atoms with Crippen molar-refractivity contribution in [1.82, 2.24) is 0 Å². The van der Waals surface area contributed by atoms with E-state index in [1.807, 2.05) is 0 Å². The third-order valence-corrected chi connectivity index (χ3v) is 4.63. The lowest BCUT2D eigenvalue weighted by atomic mass is 10.1. The van der Waals surface area contributed by atoms with E-state index in [0.717, 1.165) is 36.4 Å². The lowest BCUT2D eigenvalue weighted by Crippen LogP contribution is -2.58. The molecular formula is C16H11F5N2OS. The van der Waals surface area contributed by atoms with Gasteiger partial charge in [-0.2, -0.15) is 13.2 Å². The van der Waals surface area contributed by atoms with Crippen LogP contribution in [0.2, 0.25) is 0 Å². The van der Waals surface area contributed by atoms with Crippen molar-refractivity contribution in [2.75, 3.05) is 10.7 Å². The van der Waals surface area contributed by atoms with Gasteiger partial charge >= 0.3 is 6.18 Å². The van der Waals surface area contributed by atoms with Crippen molar-refractivity contribution in [1.29, 1.82) is 0 Å². The number of anilines is 1. The van der Waals surface area contributed by atoms with Gasteiger partial charge in [-0.05, 0) is 48.5 Å². The first-order valence-corrected chi connectivity index (χ1v) is 8.01. The van der Waals surface area contributed by atoms with Gasteiger partial charge in [0, 0.05) is 5.69 Å². The molecule has 2 aromatic carbocycles. The fraction of sp³-hybridized carbons (Fsp3) is 0.188. The molecule has 0 saturated carbocycles. The minimum atomic E-state index is -4.96. The number of hydrogen-bond donors (Lipinski definition) is 1. The van der Waals surface area contributed by atoms with Gasteiger partial charge in [0.1, 0.15) is 11.6 Å². The maximum atomic E-state index is 13.4. The molecule has 0 bridgehead atoms. The second-order valence-electron chi connectivity index (χ2n) is 5.29. The van der Waals surface area contributed by atoms with Gasteiger partial charge in [0.2, 0.25) is 0 Å². The third-order valence-electron chi connectivity index (χ3n) is 3.55. The summed E-state index contributed by atoms with van der Waals surface area (Å²) in [6.45, 7) is 0. The molecule has 1 unspecified atom stereocenters. The quantitative estimate of drug-likeness (QED) is 0.789. The Morgan fingerprint density at radius 3 is 2.00 bits per heavy atom. The molecule has 3 nitrogen and oxygen atoms in total. The van der Waals surface area contributed by atoms with E-state index >= 15 is 0 Å². The van der Waals surface area contributed by atoms with Gasteiger partial charge in [-0.25, -0.2) is 13.8 Å². The number of hydrogen-bond acceptors (Lipinski definition) is 3. The summed E-state index contributed by atoms with van der Waals surface area (Å²) in [7, 11) is 0. The van der Waals surface area contributed by atoms with Gasteiger partial charge in [0.05, 0.1) is 11.4 Å². The van der Waals surface area contributed by atoms with Crippen molar-refractivity contribution < 1.29 is 27.1 Å². The fourth-order valence-electron chi connectivity index (χ4n) is 2.28. The Morgan fingerprint density at radius 1 is 0.960 bits per heavy atom. The maximum Gasteiger partial charge on any atom is 0.437 e. The Hall–Kier alpha value is -2.13. The smallest absolute Gasteiger partial charge is 0.362 e. The van der Waals surface area contributed by atoms with E-state index in [9.17, 15) is 27.1 Å². The molecule has 1 N–H and O–H groups in total. The Kier molecular flexibility index (Phi) is 4.46. The minimum absolute atomic E-state index is 0.0629. The summed E-state index contributed by atoms with van der Waals surface area (Å²) in [5.74, 6) is -1.83. The number of alkyl halides is 3. The SMILES string of the molecule is OC1(C(F)(F)F)CSC(=Nc2ccc(F)cc2)N1c1ccc(F)cc1. The molecule has 9 heteroatoms. The van der Waals surface area contributed by atoms with Gasteiger partial charge in [-0.3, -0.25) is 4.90 Å². The fourth-order valence-corrected chi connectivity index (χ4v) is 3.46. The zero-order chi connectivity index (χ0) is 18.2. The molecule has 1 aliphatic heterocycles. The van der Waals surface area contributed by atoms with Crippen molar-refractivity contribution in [3.05, 3.63) is 60.2 Å². The highest BCUT2D eigenvalue weighted by molar-refractivity contribution is 8.14. The molecule has 25 heavy (non-hydrogen) atoms. The third kappa shape index (κ3) is 3.34. The van der Waals surface area contributed by atoms with Gasteiger partial charge in [0.15, 0.2) is 5.17 Å². The highest BCUT2D eigenvalue weighted by Gasteiger charge is 2.62. The van der Waals surface area contributed by atoms with Crippen molar-refractivity contribution in [2.45, 2.75) is 11.9 Å². The first-order chi connectivity index (χ1) is 11.7. The number of aliphatic hydroxyl groups is 1. The van der Waals surface area contributed by atoms with Gasteiger partial charge in [0.25, 0.3) is 5.72 Å². The number of halogens is 5. The van der Waals surface area contributed by atoms with Crippen LogP contribution in [0.3, 0.4) is 0 Å². The Morgan fingerprint density at radius 2 is 1.48 bits per heavy atom. The standard InChI is InChI=1S/C16H11F5N2OS/c17-10-1-5-12(6-2-10)22-14-23(13-7-3-11(18)4-8-13)15(24,9-25-14)16(19,20)21/h1-8,24H,9H2. The van der Waals surface area contributed by atoms with Crippen LogP contribution in [0.15, 0.2) is 53.5 Å². The van der Waals surface area contributed by atoms with Crippen molar-refractivity contribution in [3.63, 3.8) is 0 Å². The molecule has 2 aromatic rings. The van der Waals surface area contributed by atoms with Crippen LogP contribution in [0.5, 0.6) is 0 Å². The Balaban J connectivity index is 2.08. The van der Waals surface area contributed by atoms with E-state index in [1.165, 1.54) is 12.1 Å². The molecule has 1 heterocycles. The first-order valence-electron chi connectivity index (χ1n) is 7.03. The van der Waals surface area contributed by atoms with Crippen LogP contribution < -0.4 is 4.90 Å². The molecule has 0 amide bonds. The van der Waals surface area contributed by atoms with E-state index in [-0.39, 0.29) is 16.5 Å². The van der Waals surface area contributed by atoms with E-state index < -0.39 is 29.3 Å². The second kappa shape index (κ2) is 6.30. The molecule has 1 saturated heterocycles. The van der Waals surface area contributed by atoms with Crippen LogP contribution in [0, 0.1) is 11.6 Å². The molecule has 0 aromatic heterocycles. The summed E-state index contributed by atoms with van der Waals surface area (Å²) in [4.78, 5) is 4.69. The zero-order valence-corrected chi connectivity index (χ0v) is 13.3. The number of benzene rings is 2. The lowest BCUT2D eigenvalue weighted by Gasteiger charge is -2.35. The molecule has 0 aliphatic carbocycles. The molecule has 1 fully saturated rings. The van der Waals surface area contributed by atoms with Gasteiger partial charge in [-0.1, -0.05) is 11.8 Å². The predicted octanol–water partition coefficient (Wildman–Crippen LogP) is 4.46. The monoisotopic (exact) mass is 374 g/mol. The van der Waals surface area contributed by atoms with E-state index in [4.69, 9.17) is 0 Å². The first kappa shape index (κ1) is 17.7. The van der Waals surface area contributed by atoms with Crippen molar-refractivity contribution in [3.8, 4) is 0 Å². The maximum absolute atomic E-state index is 13.4. The number of aliphatic imine (C=N–C) groups is 1. The normalized spacial score (nSPS) is 22.6. The Labute approximate surface area is 143 Å². The van der Waals surface area contributed by atoms with Crippen LogP contribution in [0.25, 0.3) is 0 Å². The second-order valence-corrected chi connectivity index (χ2v) is 6.23. The minimum Gasteiger partial charge on any atom is -0.362 e. The largest absolute Gasteiger partial charge is 0.437 e. The van der Waals surface area contributed by atoms with Gasteiger partial charge in [-0.15, -0.1) is 0 Å². The molecule has 0 spiro atoms. The molecule has 1 aliphatic rings. The van der Waals surface area contributed by atoms with Gasteiger partial charge < -0.3 is 5.11 Å². The van der Waals surface area contributed by atoms with Crippen LogP contribution in [0.4, 0.5) is 33.3 Å². The van der Waals surface area contributed by atoms with E-state index in [1.54, 1.807) is 0 Å². The summed E-state index contributed by atoms with van der Waals surface area (Å²) >= 11 is 0.701. The summed E-state index contributed by atoms with van der Waals surface area (Å²) < 4.78 is 66.4. The summed E-state index contributed by atoms with van der Waals surface area (Å²) in [5.41, 5.74) is -3.02. The topological polar surface area (TPSA) is 35.8 Å². The van der Waals surface area contributed by atoms with Crippen LogP contribution in [-0.4, -0.2) is 27.9 Å². The average Bonchev–Trinajstić information content (AvgIpc) is 2.88. The average molecular weight is 374 g/mol. The number of nitrogens with zero attached hydrogens (tertiary/aromatic N) is 2. The van der Waals surface area contributed by atoms with E-state index in [0.29, 0.717) is 16.7 Å². The van der Waals surface area contributed by atoms with Crippen LogP contribution >= 0.6 is 11.8 Å². The van der Waals surface area contributed by atoms with Crippen LogP contribution in [-0.2, 0) is 0 Å². The molecular weight excluding hydrogens is 363 g/mol. The van der Waals surface area contributed by atoms with E-state index in [2.05, 4.69) is 4.99 Å².